The molecule has 7 heteroatoms. The number of aromatic nitrogens is 2. The number of nitrogens with two attached hydrogens (primary N) is 1. The second-order valence-corrected chi connectivity index (χ2v) is 6.37. The summed E-state index contributed by atoms with van der Waals surface area (Å²) in [5, 5.41) is 6.91. The second-order valence-electron chi connectivity index (χ2n) is 6.37. The fourth-order valence-corrected chi connectivity index (χ4v) is 2.52. The first-order chi connectivity index (χ1) is 12.0. The third kappa shape index (κ3) is 5.86. The van der Waals surface area contributed by atoms with Gasteiger partial charge in [0.1, 0.15) is 5.75 Å². The molecule has 0 fully saturated rings. The predicted octanol–water partition coefficient (Wildman–Crippen LogP) is 2.17. The van der Waals surface area contributed by atoms with Crippen LogP contribution < -0.4 is 15.8 Å². The molecule has 0 aliphatic carbocycles. The molecule has 0 saturated carbocycles. The number of aryl methyl sites for hydroxylation is 1. The Bertz CT molecular complexity index is 667. The lowest BCUT2D eigenvalue weighted by atomic mass is 10.0. The smallest absolute Gasteiger partial charge is 0.227 e. The minimum Gasteiger partial charge on any atom is -0.497 e. The Morgan fingerprint density at radius 1 is 1.32 bits per heavy atom. The van der Waals surface area contributed by atoms with Crippen LogP contribution in [0.4, 0.5) is 0 Å². The molecule has 2 aromatic rings. The Labute approximate surface area is 147 Å². The average Bonchev–Trinajstić information content (AvgIpc) is 3.08. The lowest BCUT2D eigenvalue weighted by Crippen LogP contribution is -2.41. The van der Waals surface area contributed by atoms with Gasteiger partial charge in [-0.2, -0.15) is 4.98 Å². The largest absolute Gasteiger partial charge is 0.497 e. The van der Waals surface area contributed by atoms with E-state index < -0.39 is 0 Å². The molecule has 25 heavy (non-hydrogen) atoms. The Morgan fingerprint density at radius 2 is 2.04 bits per heavy atom. The lowest BCUT2D eigenvalue weighted by Gasteiger charge is -2.18. The maximum absolute atomic E-state index is 12.0. The number of nitrogens with zero attached hydrogens (tertiary/aromatic N) is 2. The van der Waals surface area contributed by atoms with Crippen molar-refractivity contribution in [2.75, 3.05) is 13.7 Å². The molecule has 2 rings (SSSR count). The van der Waals surface area contributed by atoms with E-state index in [-0.39, 0.29) is 11.9 Å². The van der Waals surface area contributed by atoms with Crippen LogP contribution in [0.1, 0.15) is 32.6 Å². The zero-order valence-electron chi connectivity index (χ0n) is 15.0. The standard InChI is InChI=1S/C18H26N4O3/c1-12(2)10-14(11-19)20-16(23)8-9-17-21-18(22-25-17)13-4-6-15(24-3)7-5-13/h4-7,12,14H,8-11,19H2,1-3H3,(H,20,23). The third-order valence-corrected chi connectivity index (χ3v) is 3.79. The minimum atomic E-state index is -0.0553. The van der Waals surface area contributed by atoms with Crippen molar-refractivity contribution in [3.8, 4) is 17.1 Å². The number of methoxy groups -OCH3 is 1. The molecule has 1 aromatic carbocycles. The number of amides is 1. The van der Waals surface area contributed by atoms with Gasteiger partial charge in [-0.05, 0) is 36.6 Å². The summed E-state index contributed by atoms with van der Waals surface area (Å²) in [6, 6.07) is 7.39. The van der Waals surface area contributed by atoms with Gasteiger partial charge in [0, 0.05) is 31.0 Å². The van der Waals surface area contributed by atoms with Gasteiger partial charge in [0.15, 0.2) is 0 Å². The van der Waals surface area contributed by atoms with E-state index in [9.17, 15) is 4.79 Å². The van der Waals surface area contributed by atoms with Gasteiger partial charge >= 0.3 is 0 Å². The van der Waals surface area contributed by atoms with E-state index in [1.165, 1.54) is 0 Å². The number of rotatable bonds is 9. The first-order valence-electron chi connectivity index (χ1n) is 8.48. The highest BCUT2D eigenvalue weighted by Gasteiger charge is 2.14. The first kappa shape index (κ1) is 18.9. The number of carbonyl (C=O) groups excluding carboxylic acids is 1. The number of benzene rings is 1. The summed E-state index contributed by atoms with van der Waals surface area (Å²) in [5.74, 6) is 2.13. The molecule has 1 aromatic heterocycles. The van der Waals surface area contributed by atoms with E-state index in [1.54, 1.807) is 7.11 Å². The van der Waals surface area contributed by atoms with Crippen LogP contribution in [-0.2, 0) is 11.2 Å². The average molecular weight is 346 g/mol. The van der Waals surface area contributed by atoms with Crippen LogP contribution in [0.25, 0.3) is 11.4 Å². The number of carbonyl (C=O) groups is 1. The molecule has 1 amide bonds. The van der Waals surface area contributed by atoms with Gasteiger partial charge in [-0.3, -0.25) is 4.79 Å². The highest BCUT2D eigenvalue weighted by atomic mass is 16.5. The lowest BCUT2D eigenvalue weighted by molar-refractivity contribution is -0.121. The van der Waals surface area contributed by atoms with Crippen molar-refractivity contribution in [2.24, 2.45) is 11.7 Å². The summed E-state index contributed by atoms with van der Waals surface area (Å²) in [4.78, 5) is 16.4. The zero-order chi connectivity index (χ0) is 18.2. The molecule has 1 unspecified atom stereocenters. The summed E-state index contributed by atoms with van der Waals surface area (Å²) in [7, 11) is 1.61. The van der Waals surface area contributed by atoms with Gasteiger partial charge in [-0.25, -0.2) is 0 Å². The van der Waals surface area contributed by atoms with Crippen LogP contribution in [-0.4, -0.2) is 35.7 Å². The quantitative estimate of drug-likeness (QED) is 0.721. The first-order valence-corrected chi connectivity index (χ1v) is 8.48. The van der Waals surface area contributed by atoms with Gasteiger partial charge in [0.25, 0.3) is 0 Å². The number of nitrogens with one attached hydrogen (secondary N) is 1. The molecule has 0 aliphatic heterocycles. The number of ether oxygens (including phenoxy) is 1. The van der Waals surface area contributed by atoms with E-state index in [0.717, 1.165) is 17.7 Å². The summed E-state index contributed by atoms with van der Waals surface area (Å²) >= 11 is 0. The molecular weight excluding hydrogens is 320 g/mol. The van der Waals surface area contributed by atoms with E-state index in [2.05, 4.69) is 29.3 Å². The zero-order valence-corrected chi connectivity index (χ0v) is 15.0. The Balaban J connectivity index is 1.87. The SMILES string of the molecule is COc1ccc(-c2noc(CCC(=O)NC(CN)CC(C)C)n2)cc1. The molecule has 7 nitrogen and oxygen atoms in total. The Hall–Kier alpha value is -2.41. The molecule has 0 saturated heterocycles. The Kier molecular flexibility index (Phi) is 6.94. The monoisotopic (exact) mass is 346 g/mol. The van der Waals surface area contributed by atoms with E-state index >= 15 is 0 Å². The molecule has 3 N–H and O–H groups in total. The van der Waals surface area contributed by atoms with Gasteiger partial charge in [-0.1, -0.05) is 19.0 Å². The van der Waals surface area contributed by atoms with E-state index in [1.807, 2.05) is 24.3 Å². The highest BCUT2D eigenvalue weighted by Crippen LogP contribution is 2.20. The Morgan fingerprint density at radius 3 is 2.64 bits per heavy atom. The predicted molar refractivity (Wildman–Crippen MR) is 95.0 cm³/mol. The molecule has 1 heterocycles. The van der Waals surface area contributed by atoms with Crippen LogP contribution in [0.15, 0.2) is 28.8 Å². The van der Waals surface area contributed by atoms with E-state index in [4.69, 9.17) is 15.0 Å². The van der Waals surface area contributed by atoms with Crippen LogP contribution in [0.2, 0.25) is 0 Å². The molecule has 136 valence electrons. The topological polar surface area (TPSA) is 103 Å². The fourth-order valence-electron chi connectivity index (χ4n) is 2.52. The molecule has 0 bridgehead atoms. The summed E-state index contributed by atoms with van der Waals surface area (Å²) in [5.41, 5.74) is 6.53. The van der Waals surface area contributed by atoms with Crippen molar-refractivity contribution in [1.82, 2.24) is 15.5 Å². The maximum atomic E-state index is 12.0. The maximum Gasteiger partial charge on any atom is 0.227 e. The molecule has 0 radical (unpaired) electrons. The molecule has 0 spiro atoms. The van der Waals surface area contributed by atoms with Gasteiger partial charge in [0.2, 0.25) is 17.6 Å². The normalized spacial score (nSPS) is 12.2. The van der Waals surface area contributed by atoms with Crippen LogP contribution in [0, 0.1) is 5.92 Å². The van der Waals surface area contributed by atoms with Crippen molar-refractivity contribution in [2.45, 2.75) is 39.2 Å². The number of hydrogen-bond acceptors (Lipinski definition) is 6. The van der Waals surface area contributed by atoms with Gasteiger partial charge in [0.05, 0.1) is 7.11 Å². The number of hydrogen-bond donors (Lipinski definition) is 2. The van der Waals surface area contributed by atoms with Crippen LogP contribution in [0.3, 0.4) is 0 Å². The minimum absolute atomic E-state index is 0.00467. The van der Waals surface area contributed by atoms with Crippen molar-refractivity contribution >= 4 is 5.91 Å². The van der Waals surface area contributed by atoms with Gasteiger partial charge in [-0.15, -0.1) is 0 Å². The van der Waals surface area contributed by atoms with Crippen LogP contribution >= 0.6 is 0 Å². The van der Waals surface area contributed by atoms with Crippen molar-refractivity contribution in [1.29, 1.82) is 0 Å². The molecule has 0 aliphatic rings. The van der Waals surface area contributed by atoms with Crippen LogP contribution in [0.5, 0.6) is 5.75 Å². The summed E-state index contributed by atoms with van der Waals surface area (Å²) in [6.07, 6.45) is 1.55. The second kappa shape index (κ2) is 9.17. The van der Waals surface area contributed by atoms with Crippen molar-refractivity contribution in [3.05, 3.63) is 30.2 Å². The highest BCUT2D eigenvalue weighted by molar-refractivity contribution is 5.76. The molecular formula is C18H26N4O3. The van der Waals surface area contributed by atoms with Crippen molar-refractivity contribution < 1.29 is 14.1 Å². The fraction of sp³-hybridized carbons (Fsp3) is 0.500. The van der Waals surface area contributed by atoms with E-state index in [0.29, 0.717) is 37.0 Å². The third-order valence-electron chi connectivity index (χ3n) is 3.79. The summed E-state index contributed by atoms with van der Waals surface area (Å²) in [6.45, 7) is 4.65. The van der Waals surface area contributed by atoms with Crippen molar-refractivity contribution in [3.63, 3.8) is 0 Å². The van der Waals surface area contributed by atoms with Gasteiger partial charge < -0.3 is 20.3 Å². The summed E-state index contributed by atoms with van der Waals surface area (Å²) < 4.78 is 10.3. The molecule has 1 atom stereocenters.